The minimum absolute atomic E-state index is 0.00931. The van der Waals surface area contributed by atoms with Crippen molar-refractivity contribution >= 4 is 5.97 Å². The predicted molar refractivity (Wildman–Crippen MR) is 73.0 cm³/mol. The summed E-state index contributed by atoms with van der Waals surface area (Å²) in [5.74, 6) is -0.455. The average molecular weight is 254 g/mol. The van der Waals surface area contributed by atoms with E-state index in [-0.39, 0.29) is 5.57 Å². The molecule has 1 atom stereocenters. The molecule has 0 saturated heterocycles. The fraction of sp³-hybridized carbons (Fsp3) is 0.0625. The quantitative estimate of drug-likeness (QED) is 0.831. The van der Waals surface area contributed by atoms with Gasteiger partial charge in [0, 0.05) is 0 Å². The van der Waals surface area contributed by atoms with E-state index in [4.69, 9.17) is 9.84 Å². The van der Waals surface area contributed by atoms with E-state index in [1.165, 1.54) is 0 Å². The van der Waals surface area contributed by atoms with Crippen LogP contribution in [0.1, 0.15) is 11.7 Å². The van der Waals surface area contributed by atoms with E-state index in [2.05, 4.69) is 6.58 Å². The molecule has 0 aliphatic rings. The Balaban J connectivity index is 2.30. The van der Waals surface area contributed by atoms with Gasteiger partial charge in [-0.15, -0.1) is 0 Å². The molecule has 0 aromatic heterocycles. The topological polar surface area (TPSA) is 46.5 Å². The lowest BCUT2D eigenvalue weighted by molar-refractivity contribution is -0.133. The van der Waals surface area contributed by atoms with Gasteiger partial charge >= 0.3 is 5.97 Å². The van der Waals surface area contributed by atoms with Crippen molar-refractivity contribution in [3.63, 3.8) is 0 Å². The van der Waals surface area contributed by atoms with Crippen LogP contribution >= 0.6 is 0 Å². The van der Waals surface area contributed by atoms with Crippen molar-refractivity contribution in [2.45, 2.75) is 6.10 Å². The molecule has 0 heterocycles. The largest absolute Gasteiger partial charge is 0.481 e. The summed E-state index contributed by atoms with van der Waals surface area (Å²) in [4.78, 5) is 11.1. The maximum Gasteiger partial charge on any atom is 0.335 e. The maximum atomic E-state index is 11.1. The SMILES string of the molecule is C=C(C(=O)O)C(Oc1ccccc1)c1ccccc1. The zero-order valence-corrected chi connectivity index (χ0v) is 10.3. The molecule has 2 aromatic rings. The van der Waals surface area contributed by atoms with Gasteiger partial charge in [0.2, 0.25) is 0 Å². The third-order valence-corrected chi connectivity index (χ3v) is 2.69. The van der Waals surface area contributed by atoms with E-state index in [1.54, 1.807) is 12.1 Å². The Morgan fingerprint density at radius 3 is 2.05 bits per heavy atom. The van der Waals surface area contributed by atoms with Crippen molar-refractivity contribution in [3.8, 4) is 5.75 Å². The summed E-state index contributed by atoms with van der Waals surface area (Å²) in [6.07, 6.45) is -0.693. The normalized spacial score (nSPS) is 11.6. The molecule has 1 N–H and O–H groups in total. The van der Waals surface area contributed by atoms with E-state index in [0.29, 0.717) is 5.75 Å². The minimum Gasteiger partial charge on any atom is -0.481 e. The molecular weight excluding hydrogens is 240 g/mol. The van der Waals surface area contributed by atoms with E-state index in [9.17, 15) is 4.79 Å². The molecule has 0 aliphatic heterocycles. The number of rotatable bonds is 5. The summed E-state index contributed by atoms with van der Waals surface area (Å²) in [7, 11) is 0. The molecule has 3 heteroatoms. The third-order valence-electron chi connectivity index (χ3n) is 2.69. The predicted octanol–water partition coefficient (Wildman–Crippen LogP) is 3.45. The highest BCUT2D eigenvalue weighted by atomic mass is 16.5. The molecule has 19 heavy (non-hydrogen) atoms. The van der Waals surface area contributed by atoms with Crippen LogP contribution < -0.4 is 4.74 Å². The summed E-state index contributed by atoms with van der Waals surface area (Å²) in [5, 5.41) is 9.11. The number of benzene rings is 2. The Bertz CT molecular complexity index is 561. The van der Waals surface area contributed by atoms with Gasteiger partial charge in [-0.3, -0.25) is 0 Å². The molecule has 0 radical (unpaired) electrons. The monoisotopic (exact) mass is 254 g/mol. The molecule has 0 amide bonds. The number of hydrogen-bond donors (Lipinski definition) is 1. The zero-order valence-electron chi connectivity index (χ0n) is 10.3. The van der Waals surface area contributed by atoms with E-state index in [0.717, 1.165) is 5.56 Å². The smallest absolute Gasteiger partial charge is 0.335 e. The fourth-order valence-corrected chi connectivity index (χ4v) is 1.72. The van der Waals surface area contributed by atoms with Crippen molar-refractivity contribution < 1.29 is 14.6 Å². The summed E-state index contributed by atoms with van der Waals surface area (Å²) in [6.45, 7) is 3.60. The molecule has 2 aromatic carbocycles. The third kappa shape index (κ3) is 3.22. The molecule has 0 bridgehead atoms. The van der Waals surface area contributed by atoms with Crippen LogP contribution in [0.2, 0.25) is 0 Å². The van der Waals surface area contributed by atoms with Crippen LogP contribution in [0.25, 0.3) is 0 Å². The second-order valence-electron chi connectivity index (χ2n) is 4.05. The van der Waals surface area contributed by atoms with Crippen LogP contribution in [0.15, 0.2) is 72.8 Å². The second kappa shape index (κ2) is 5.87. The van der Waals surface area contributed by atoms with Gasteiger partial charge in [-0.1, -0.05) is 55.1 Å². The lowest BCUT2D eigenvalue weighted by Crippen LogP contribution is -2.16. The summed E-state index contributed by atoms with van der Waals surface area (Å²) in [5.41, 5.74) is 0.772. The number of carboxylic acid groups (broad SMARTS) is 1. The maximum absolute atomic E-state index is 11.1. The molecule has 0 saturated carbocycles. The molecule has 96 valence electrons. The number of carboxylic acids is 1. The average Bonchev–Trinajstić information content (AvgIpc) is 2.46. The molecular formula is C16H14O3. The fourth-order valence-electron chi connectivity index (χ4n) is 1.72. The Morgan fingerprint density at radius 2 is 1.53 bits per heavy atom. The van der Waals surface area contributed by atoms with Gasteiger partial charge in [0.15, 0.2) is 6.10 Å². The van der Waals surface area contributed by atoms with Gasteiger partial charge in [0.1, 0.15) is 5.75 Å². The summed E-state index contributed by atoms with van der Waals surface area (Å²) >= 11 is 0. The Hall–Kier alpha value is -2.55. The van der Waals surface area contributed by atoms with Crippen LogP contribution in [-0.2, 0) is 4.79 Å². The summed E-state index contributed by atoms with van der Waals surface area (Å²) < 4.78 is 5.74. The van der Waals surface area contributed by atoms with Crippen LogP contribution in [0.5, 0.6) is 5.75 Å². The van der Waals surface area contributed by atoms with Crippen molar-refractivity contribution in [2.24, 2.45) is 0 Å². The highest BCUT2D eigenvalue weighted by Crippen LogP contribution is 2.27. The van der Waals surface area contributed by atoms with E-state index >= 15 is 0 Å². The van der Waals surface area contributed by atoms with Gasteiger partial charge < -0.3 is 9.84 Å². The van der Waals surface area contributed by atoms with Crippen LogP contribution in [0, 0.1) is 0 Å². The number of aliphatic carboxylic acids is 1. The van der Waals surface area contributed by atoms with Crippen molar-refractivity contribution in [2.75, 3.05) is 0 Å². The molecule has 0 spiro atoms. The van der Waals surface area contributed by atoms with E-state index < -0.39 is 12.1 Å². The van der Waals surface area contributed by atoms with Gasteiger partial charge in [-0.2, -0.15) is 0 Å². The molecule has 2 rings (SSSR count). The first-order valence-electron chi connectivity index (χ1n) is 5.87. The number of hydrogen-bond acceptors (Lipinski definition) is 2. The van der Waals surface area contributed by atoms with Gasteiger partial charge in [0.25, 0.3) is 0 Å². The van der Waals surface area contributed by atoms with Crippen molar-refractivity contribution in [3.05, 3.63) is 78.4 Å². The number of ether oxygens (including phenoxy) is 1. The minimum atomic E-state index is -1.07. The first-order valence-corrected chi connectivity index (χ1v) is 5.87. The summed E-state index contributed by atoms with van der Waals surface area (Å²) in [6, 6.07) is 18.3. The van der Waals surface area contributed by atoms with Crippen molar-refractivity contribution in [1.29, 1.82) is 0 Å². The lowest BCUT2D eigenvalue weighted by atomic mass is 10.0. The number of carbonyl (C=O) groups is 1. The van der Waals surface area contributed by atoms with Gasteiger partial charge in [-0.25, -0.2) is 4.79 Å². The van der Waals surface area contributed by atoms with E-state index in [1.807, 2.05) is 48.5 Å². The van der Waals surface area contributed by atoms with Gasteiger partial charge in [-0.05, 0) is 17.7 Å². The first-order chi connectivity index (χ1) is 9.18. The van der Waals surface area contributed by atoms with Gasteiger partial charge in [0.05, 0.1) is 5.57 Å². The highest BCUT2D eigenvalue weighted by molar-refractivity contribution is 5.87. The first kappa shape index (κ1) is 12.9. The van der Waals surface area contributed by atoms with Crippen LogP contribution in [-0.4, -0.2) is 11.1 Å². The molecule has 0 aliphatic carbocycles. The van der Waals surface area contributed by atoms with Crippen LogP contribution in [0.4, 0.5) is 0 Å². The Morgan fingerprint density at radius 1 is 1.00 bits per heavy atom. The van der Waals surface area contributed by atoms with Crippen LogP contribution in [0.3, 0.4) is 0 Å². The zero-order chi connectivity index (χ0) is 13.7. The highest BCUT2D eigenvalue weighted by Gasteiger charge is 2.22. The molecule has 0 fully saturated rings. The second-order valence-corrected chi connectivity index (χ2v) is 4.05. The lowest BCUT2D eigenvalue weighted by Gasteiger charge is -2.19. The number of para-hydroxylation sites is 1. The standard InChI is InChI=1S/C16H14O3/c1-12(16(17)18)15(13-8-4-2-5-9-13)19-14-10-6-3-7-11-14/h2-11,15H,1H2,(H,17,18). The molecule has 1 unspecified atom stereocenters. The Labute approximate surface area is 111 Å². The Kier molecular flexibility index (Phi) is 3.98. The molecule has 3 nitrogen and oxygen atoms in total. The van der Waals surface area contributed by atoms with Crippen molar-refractivity contribution in [1.82, 2.24) is 0 Å².